The van der Waals surface area contributed by atoms with Crippen LogP contribution < -0.4 is 5.32 Å². The van der Waals surface area contributed by atoms with Crippen molar-refractivity contribution in [2.75, 3.05) is 7.05 Å². The SMILES string of the molecule is CN(Cc1cscn1)C(=O)N[C@@H](c1cccs1)C1CCCCC1. The number of hydrogen-bond acceptors (Lipinski definition) is 4. The normalized spacial score (nSPS) is 16.9. The van der Waals surface area contributed by atoms with Crippen LogP contribution in [0.3, 0.4) is 0 Å². The molecular formula is C17H23N3OS2. The molecule has 1 atom stereocenters. The minimum Gasteiger partial charge on any atom is -0.330 e. The van der Waals surface area contributed by atoms with Crippen molar-refractivity contribution in [2.45, 2.75) is 44.7 Å². The first-order valence-corrected chi connectivity index (χ1v) is 9.98. The lowest BCUT2D eigenvalue weighted by Gasteiger charge is -2.31. The van der Waals surface area contributed by atoms with Crippen LogP contribution in [-0.2, 0) is 6.54 Å². The highest BCUT2D eigenvalue weighted by molar-refractivity contribution is 7.10. The number of thiophene rings is 1. The first-order valence-electron chi connectivity index (χ1n) is 8.16. The maximum Gasteiger partial charge on any atom is 0.318 e. The molecule has 0 spiro atoms. The minimum absolute atomic E-state index is 0.0121. The number of nitrogens with one attached hydrogen (secondary N) is 1. The number of urea groups is 1. The fourth-order valence-corrected chi connectivity index (χ4v) is 4.65. The van der Waals surface area contributed by atoms with Crippen molar-refractivity contribution in [1.29, 1.82) is 0 Å². The molecule has 6 heteroatoms. The molecule has 0 radical (unpaired) electrons. The maximum absolute atomic E-state index is 12.6. The predicted molar refractivity (Wildman–Crippen MR) is 95.7 cm³/mol. The van der Waals surface area contributed by atoms with E-state index in [1.165, 1.54) is 37.0 Å². The maximum atomic E-state index is 12.6. The third-order valence-corrected chi connectivity index (χ3v) is 6.07. The zero-order chi connectivity index (χ0) is 16.1. The van der Waals surface area contributed by atoms with Crippen molar-refractivity contribution in [3.63, 3.8) is 0 Å². The van der Waals surface area contributed by atoms with E-state index in [4.69, 9.17) is 0 Å². The van der Waals surface area contributed by atoms with Crippen molar-refractivity contribution in [3.05, 3.63) is 39.0 Å². The fourth-order valence-electron chi connectivity index (χ4n) is 3.23. The molecule has 23 heavy (non-hydrogen) atoms. The number of carbonyl (C=O) groups excluding carboxylic acids is 1. The van der Waals surface area contributed by atoms with Gasteiger partial charge in [0.15, 0.2) is 0 Å². The molecule has 124 valence electrons. The zero-order valence-electron chi connectivity index (χ0n) is 13.4. The van der Waals surface area contributed by atoms with E-state index >= 15 is 0 Å². The van der Waals surface area contributed by atoms with E-state index < -0.39 is 0 Å². The molecule has 0 aromatic carbocycles. The highest BCUT2D eigenvalue weighted by atomic mass is 32.1. The van der Waals surface area contributed by atoms with Gasteiger partial charge in [0, 0.05) is 17.3 Å². The van der Waals surface area contributed by atoms with Crippen LogP contribution in [0.1, 0.15) is 48.7 Å². The summed E-state index contributed by atoms with van der Waals surface area (Å²) in [5.41, 5.74) is 2.75. The highest BCUT2D eigenvalue weighted by Gasteiger charge is 2.28. The fraction of sp³-hybridized carbons (Fsp3) is 0.529. The van der Waals surface area contributed by atoms with E-state index in [1.807, 2.05) is 12.4 Å². The van der Waals surface area contributed by atoms with Gasteiger partial charge in [-0.2, -0.15) is 0 Å². The molecule has 3 rings (SSSR count). The summed E-state index contributed by atoms with van der Waals surface area (Å²) in [6.07, 6.45) is 6.29. The number of aromatic nitrogens is 1. The van der Waals surface area contributed by atoms with Crippen molar-refractivity contribution < 1.29 is 4.79 Å². The smallest absolute Gasteiger partial charge is 0.318 e. The minimum atomic E-state index is -0.0121. The Morgan fingerprint density at radius 2 is 2.26 bits per heavy atom. The molecule has 2 aromatic heterocycles. The second kappa shape index (κ2) is 7.93. The topological polar surface area (TPSA) is 45.2 Å². The molecule has 2 aromatic rings. The van der Waals surface area contributed by atoms with E-state index in [9.17, 15) is 4.79 Å². The Morgan fingerprint density at radius 3 is 2.91 bits per heavy atom. The van der Waals surface area contributed by atoms with E-state index in [-0.39, 0.29) is 12.1 Å². The standard InChI is InChI=1S/C17H23N3OS2/c1-20(10-14-11-22-12-18-14)17(21)19-16(15-8-5-9-23-15)13-6-3-2-4-7-13/h5,8-9,11-13,16H,2-4,6-7,10H2,1H3,(H,19,21)/t16-/m1/s1. The molecule has 0 bridgehead atoms. The molecule has 0 saturated heterocycles. The molecule has 0 aliphatic heterocycles. The van der Waals surface area contributed by atoms with E-state index in [0.717, 1.165) is 5.69 Å². The van der Waals surface area contributed by atoms with Crippen LogP contribution >= 0.6 is 22.7 Å². The third kappa shape index (κ3) is 4.32. The summed E-state index contributed by atoms with van der Waals surface area (Å²) in [6.45, 7) is 0.553. The van der Waals surface area contributed by atoms with Crippen LogP contribution in [0, 0.1) is 5.92 Å². The van der Waals surface area contributed by atoms with Gasteiger partial charge in [-0.25, -0.2) is 9.78 Å². The summed E-state index contributed by atoms with van der Waals surface area (Å²) >= 11 is 3.30. The van der Waals surface area contributed by atoms with Crippen molar-refractivity contribution in [2.24, 2.45) is 5.92 Å². The van der Waals surface area contributed by atoms with Crippen molar-refractivity contribution in [3.8, 4) is 0 Å². The summed E-state index contributed by atoms with van der Waals surface area (Å²) in [5.74, 6) is 0.555. The quantitative estimate of drug-likeness (QED) is 0.853. The zero-order valence-corrected chi connectivity index (χ0v) is 15.0. The summed E-state index contributed by atoms with van der Waals surface area (Å²) < 4.78 is 0. The molecule has 2 heterocycles. The molecule has 1 aliphatic carbocycles. The first-order chi connectivity index (χ1) is 11.2. The van der Waals surface area contributed by atoms with Gasteiger partial charge < -0.3 is 10.2 Å². The molecule has 0 unspecified atom stereocenters. The summed E-state index contributed by atoms with van der Waals surface area (Å²) in [7, 11) is 1.83. The number of amides is 2. The van der Waals surface area contributed by atoms with Gasteiger partial charge in [0.25, 0.3) is 0 Å². The van der Waals surface area contributed by atoms with Crippen LogP contribution in [0.15, 0.2) is 28.4 Å². The van der Waals surface area contributed by atoms with E-state index in [0.29, 0.717) is 12.5 Å². The Morgan fingerprint density at radius 1 is 1.43 bits per heavy atom. The van der Waals surface area contributed by atoms with E-state index in [1.54, 1.807) is 33.1 Å². The summed E-state index contributed by atoms with van der Waals surface area (Å²) in [6, 6.07) is 4.34. The van der Waals surface area contributed by atoms with Crippen molar-refractivity contribution in [1.82, 2.24) is 15.2 Å². The average Bonchev–Trinajstić information content (AvgIpc) is 3.26. The van der Waals surface area contributed by atoms with Crippen LogP contribution in [-0.4, -0.2) is 23.0 Å². The molecular weight excluding hydrogens is 326 g/mol. The number of carbonyl (C=O) groups is 1. The molecule has 1 aliphatic rings. The summed E-state index contributed by atoms with van der Waals surface area (Å²) in [5, 5.41) is 7.36. The Hall–Kier alpha value is -1.40. The lowest BCUT2D eigenvalue weighted by Crippen LogP contribution is -2.41. The largest absolute Gasteiger partial charge is 0.330 e. The summed E-state index contributed by atoms with van der Waals surface area (Å²) in [4.78, 5) is 19.9. The van der Waals surface area contributed by atoms with Crippen LogP contribution in [0.5, 0.6) is 0 Å². The van der Waals surface area contributed by atoms with Gasteiger partial charge in [0.05, 0.1) is 23.8 Å². The van der Waals surface area contributed by atoms with Crippen LogP contribution in [0.25, 0.3) is 0 Å². The monoisotopic (exact) mass is 349 g/mol. The first kappa shape index (κ1) is 16.5. The average molecular weight is 350 g/mol. The number of thiazole rings is 1. The highest BCUT2D eigenvalue weighted by Crippen LogP contribution is 2.36. The van der Waals surface area contributed by atoms with Gasteiger partial charge in [0.2, 0.25) is 0 Å². The Balaban J connectivity index is 1.66. The van der Waals surface area contributed by atoms with Gasteiger partial charge in [-0.15, -0.1) is 22.7 Å². The van der Waals surface area contributed by atoms with Crippen molar-refractivity contribution >= 4 is 28.7 Å². The number of nitrogens with zero attached hydrogens (tertiary/aromatic N) is 2. The molecule has 1 fully saturated rings. The second-order valence-corrected chi connectivity index (χ2v) is 7.87. The third-order valence-electron chi connectivity index (χ3n) is 4.48. The van der Waals surface area contributed by atoms with Crippen LogP contribution in [0.4, 0.5) is 4.79 Å². The molecule has 1 saturated carbocycles. The second-order valence-electron chi connectivity index (χ2n) is 6.18. The molecule has 4 nitrogen and oxygen atoms in total. The molecule has 1 N–H and O–H groups in total. The Kier molecular flexibility index (Phi) is 5.67. The van der Waals surface area contributed by atoms with E-state index in [2.05, 4.69) is 27.8 Å². The lowest BCUT2D eigenvalue weighted by molar-refractivity contribution is 0.191. The Bertz CT molecular complexity index is 591. The van der Waals surface area contributed by atoms with Gasteiger partial charge in [-0.3, -0.25) is 0 Å². The van der Waals surface area contributed by atoms with Gasteiger partial charge in [0.1, 0.15) is 0 Å². The van der Waals surface area contributed by atoms with Gasteiger partial charge in [-0.1, -0.05) is 25.3 Å². The Labute approximate surface area is 145 Å². The van der Waals surface area contributed by atoms with Gasteiger partial charge >= 0.3 is 6.03 Å². The van der Waals surface area contributed by atoms with Crippen LogP contribution in [0.2, 0.25) is 0 Å². The van der Waals surface area contributed by atoms with Gasteiger partial charge in [-0.05, 0) is 30.2 Å². The number of hydrogen-bond donors (Lipinski definition) is 1. The predicted octanol–water partition coefficient (Wildman–Crippen LogP) is 4.67. The molecule has 2 amide bonds. The number of rotatable bonds is 5. The lowest BCUT2D eigenvalue weighted by atomic mass is 9.83.